The molecule has 3 aliphatic rings. The van der Waals surface area contributed by atoms with Crippen molar-refractivity contribution in [2.75, 3.05) is 13.7 Å². The van der Waals surface area contributed by atoms with Gasteiger partial charge in [-0.2, -0.15) is 0 Å². The van der Waals surface area contributed by atoms with Gasteiger partial charge >= 0.3 is 5.97 Å². The lowest BCUT2D eigenvalue weighted by atomic mass is 9.66. The number of fused-ring (bicyclic) bond motifs is 3. The maximum Gasteiger partial charge on any atom is 0.316 e. The molecule has 226 valence electrons. The molecule has 0 unspecified atom stereocenters. The predicted molar refractivity (Wildman–Crippen MR) is 137 cm³/mol. The number of carbonyl (C=O) groups is 3. The number of rotatable bonds is 5. The smallest absolute Gasteiger partial charge is 0.316 e. The van der Waals surface area contributed by atoms with Crippen LogP contribution in [0.15, 0.2) is 18.2 Å². The lowest BCUT2D eigenvalue weighted by Gasteiger charge is -2.46. The van der Waals surface area contributed by atoms with E-state index >= 15 is 0 Å². The van der Waals surface area contributed by atoms with E-state index in [9.17, 15) is 55.2 Å². The number of ether oxygens (including phenoxy) is 3. The first kappa shape index (κ1) is 29.8. The van der Waals surface area contributed by atoms with Crippen molar-refractivity contribution in [2.45, 2.75) is 68.1 Å². The van der Waals surface area contributed by atoms with Gasteiger partial charge < -0.3 is 55.1 Å². The molecule has 0 saturated carbocycles. The Labute approximate surface area is 237 Å². The average molecular weight is 591 g/mol. The van der Waals surface area contributed by atoms with Gasteiger partial charge in [0.1, 0.15) is 47.6 Å². The van der Waals surface area contributed by atoms with Gasteiger partial charge in [-0.1, -0.05) is 19.1 Å². The van der Waals surface area contributed by atoms with E-state index in [0.717, 1.165) is 13.2 Å². The van der Waals surface area contributed by atoms with Crippen LogP contribution in [0.25, 0.3) is 0 Å². The van der Waals surface area contributed by atoms with Gasteiger partial charge in [0, 0.05) is 23.1 Å². The topological polar surface area (TPSA) is 241 Å². The highest BCUT2D eigenvalue weighted by Crippen LogP contribution is 2.57. The van der Waals surface area contributed by atoms with Crippen LogP contribution in [-0.4, -0.2) is 108 Å². The first-order valence-electron chi connectivity index (χ1n) is 13.1. The minimum atomic E-state index is -2.05. The van der Waals surface area contributed by atoms with E-state index in [1.807, 2.05) is 0 Å². The highest BCUT2D eigenvalue weighted by molar-refractivity contribution is 6.31. The molecule has 2 aromatic carbocycles. The molecule has 0 aromatic heterocycles. The molecule has 8 atom stereocenters. The predicted octanol–water partition coefficient (Wildman–Crippen LogP) is -0.762. The minimum Gasteiger partial charge on any atom is -0.507 e. The Hall–Kier alpha value is -3.63. The molecule has 0 spiro atoms. The van der Waals surface area contributed by atoms with Gasteiger partial charge in [0.2, 0.25) is 5.78 Å². The fourth-order valence-corrected chi connectivity index (χ4v) is 6.12. The molecule has 5 rings (SSSR count). The van der Waals surface area contributed by atoms with Crippen LogP contribution in [-0.2, 0) is 19.0 Å². The molecule has 1 heterocycles. The van der Waals surface area contributed by atoms with Crippen LogP contribution in [0, 0.1) is 0 Å². The molecular weight excluding hydrogens is 560 g/mol. The van der Waals surface area contributed by atoms with Gasteiger partial charge in [-0.05, 0) is 12.5 Å². The molecule has 0 bridgehead atoms. The number of carbonyl (C=O) groups excluding carboxylic acids is 3. The van der Waals surface area contributed by atoms with Crippen LogP contribution in [0.2, 0.25) is 0 Å². The number of benzene rings is 2. The highest BCUT2D eigenvalue weighted by atomic mass is 16.7. The highest BCUT2D eigenvalue weighted by Gasteiger charge is 2.55. The number of phenols is 3. The number of hydrogen-bond acceptors (Lipinski definition) is 14. The molecule has 42 heavy (non-hydrogen) atoms. The number of hydrogen-bond donors (Lipinski definition) is 8. The normalized spacial score (nSPS) is 32.1. The Kier molecular flexibility index (Phi) is 7.52. The molecule has 0 amide bonds. The van der Waals surface area contributed by atoms with Crippen molar-refractivity contribution in [3.63, 3.8) is 0 Å². The molecule has 2 aromatic rings. The summed E-state index contributed by atoms with van der Waals surface area (Å²) >= 11 is 0. The Bertz CT molecular complexity index is 1470. The van der Waals surface area contributed by atoms with Crippen molar-refractivity contribution in [3.05, 3.63) is 51.6 Å². The van der Waals surface area contributed by atoms with Crippen LogP contribution in [0.1, 0.15) is 74.8 Å². The zero-order chi connectivity index (χ0) is 30.8. The van der Waals surface area contributed by atoms with Crippen molar-refractivity contribution < 1.29 is 69.4 Å². The van der Waals surface area contributed by atoms with Crippen LogP contribution >= 0.6 is 0 Å². The van der Waals surface area contributed by atoms with E-state index in [4.69, 9.17) is 14.2 Å². The summed E-state index contributed by atoms with van der Waals surface area (Å²) in [4.78, 5) is 40.2. The van der Waals surface area contributed by atoms with Crippen LogP contribution in [0.4, 0.5) is 0 Å². The first-order valence-corrected chi connectivity index (χ1v) is 13.1. The maximum absolute atomic E-state index is 13.6. The molecule has 2 aliphatic carbocycles. The first-order chi connectivity index (χ1) is 19.8. The van der Waals surface area contributed by atoms with Crippen molar-refractivity contribution in [2.24, 2.45) is 0 Å². The van der Waals surface area contributed by atoms with E-state index in [1.54, 1.807) is 0 Å². The number of aliphatic hydroxyl groups is 5. The van der Waals surface area contributed by atoms with E-state index in [0.29, 0.717) is 0 Å². The summed E-state index contributed by atoms with van der Waals surface area (Å²) in [5, 5.41) is 85.7. The number of aromatic hydroxyl groups is 3. The second kappa shape index (κ2) is 10.6. The largest absolute Gasteiger partial charge is 0.507 e. The second-order valence-electron chi connectivity index (χ2n) is 10.6. The maximum atomic E-state index is 13.6. The molecule has 14 heteroatoms. The lowest BCUT2D eigenvalue weighted by molar-refractivity contribution is -0.316. The van der Waals surface area contributed by atoms with Crippen molar-refractivity contribution in [1.29, 1.82) is 0 Å². The number of ketones is 2. The van der Waals surface area contributed by atoms with Gasteiger partial charge in [-0.3, -0.25) is 14.4 Å². The quantitative estimate of drug-likeness (QED) is 0.135. The number of aliphatic hydroxyl groups excluding tert-OH is 4. The van der Waals surface area contributed by atoms with E-state index in [1.165, 1.54) is 19.1 Å². The zero-order valence-electron chi connectivity index (χ0n) is 22.4. The summed E-state index contributed by atoms with van der Waals surface area (Å²) in [6, 6.07) is 3.69. The van der Waals surface area contributed by atoms with Crippen molar-refractivity contribution >= 4 is 17.5 Å². The third-order valence-electron chi connectivity index (χ3n) is 8.38. The molecule has 1 saturated heterocycles. The molecular formula is C28H30O14. The van der Waals surface area contributed by atoms with Gasteiger partial charge in [0.15, 0.2) is 12.1 Å². The molecule has 8 N–H and O–H groups in total. The van der Waals surface area contributed by atoms with Crippen LogP contribution in [0.3, 0.4) is 0 Å². The Morgan fingerprint density at radius 1 is 0.976 bits per heavy atom. The number of phenolic OH excluding ortho intramolecular Hbond substituents is 3. The van der Waals surface area contributed by atoms with Crippen LogP contribution < -0.4 is 0 Å². The average Bonchev–Trinajstić information content (AvgIpc) is 2.97. The molecule has 1 fully saturated rings. The zero-order valence-corrected chi connectivity index (χ0v) is 22.4. The molecule has 14 nitrogen and oxygen atoms in total. The monoisotopic (exact) mass is 590 g/mol. The van der Waals surface area contributed by atoms with Crippen molar-refractivity contribution in [1.82, 2.24) is 0 Å². The fraction of sp³-hybridized carbons (Fsp3) is 0.464. The summed E-state index contributed by atoms with van der Waals surface area (Å²) in [6.07, 6.45) is -10.9. The second-order valence-corrected chi connectivity index (χ2v) is 10.6. The summed E-state index contributed by atoms with van der Waals surface area (Å²) in [5.74, 6) is -7.11. The summed E-state index contributed by atoms with van der Waals surface area (Å²) in [6.45, 7) is 0.725. The van der Waals surface area contributed by atoms with Crippen LogP contribution in [0.5, 0.6) is 17.2 Å². The summed E-state index contributed by atoms with van der Waals surface area (Å²) in [7, 11) is 1.03. The lowest BCUT2D eigenvalue weighted by Crippen LogP contribution is -2.59. The van der Waals surface area contributed by atoms with Gasteiger partial charge in [-0.25, -0.2) is 0 Å². The van der Waals surface area contributed by atoms with Gasteiger partial charge in [0.25, 0.3) is 0 Å². The Balaban J connectivity index is 1.76. The Morgan fingerprint density at radius 2 is 1.62 bits per heavy atom. The number of methoxy groups -OCH3 is 1. The van der Waals surface area contributed by atoms with E-state index in [2.05, 4.69) is 0 Å². The standard InChI is InChI=1S/C28H30O14/c1-3-28(39)7-11(41-27-25(37)24(36)20(32)12(8-29)42-27)14-15(18(28)26(38)40-2)23(35)16-17(22(14)34)21(33)13-9(19(16)31)5-4-6-10(13)30/h4-6,11-12,18,20,24-25,27,29-30,32,34-37,39H,3,7-8H2,1-2H3/t11-,12+,18-,20+,24-,25+,27+,28+/m0/s1. The minimum absolute atomic E-state index is 0.151. The summed E-state index contributed by atoms with van der Waals surface area (Å²) < 4.78 is 16.2. The molecule has 0 radical (unpaired) electrons. The Morgan fingerprint density at radius 3 is 2.24 bits per heavy atom. The van der Waals surface area contributed by atoms with E-state index in [-0.39, 0.29) is 12.0 Å². The third kappa shape index (κ3) is 4.18. The van der Waals surface area contributed by atoms with Gasteiger partial charge in [-0.15, -0.1) is 0 Å². The van der Waals surface area contributed by atoms with Crippen molar-refractivity contribution in [3.8, 4) is 17.2 Å². The fourth-order valence-electron chi connectivity index (χ4n) is 6.12. The SMILES string of the molecule is CC[C@@]1(O)C[C@H](O[C@@H]2O[C@H](CO)[C@@H](O)[C@H](O)[C@H]2O)c2c(O)c3c(c(O)c2[C@H]1C(=O)OC)C(=O)c1cccc(O)c1C3=O. The molecule has 1 aliphatic heterocycles. The van der Waals surface area contributed by atoms with Gasteiger partial charge in [0.05, 0.1) is 42.1 Å². The summed E-state index contributed by atoms with van der Waals surface area (Å²) in [5.41, 5.74) is -5.01. The van der Waals surface area contributed by atoms with E-state index < -0.39 is 124 Å². The number of esters is 1. The third-order valence-corrected chi connectivity index (χ3v) is 8.38.